The summed E-state index contributed by atoms with van der Waals surface area (Å²) in [6, 6.07) is 14.3. The van der Waals surface area contributed by atoms with E-state index < -0.39 is 9.84 Å². The number of benzene rings is 2. The average Bonchev–Trinajstić information content (AvgIpc) is 2.95. The van der Waals surface area contributed by atoms with Gasteiger partial charge in [0.05, 0.1) is 27.6 Å². The van der Waals surface area contributed by atoms with Crippen molar-refractivity contribution in [2.75, 3.05) is 12.3 Å². The zero-order valence-corrected chi connectivity index (χ0v) is 15.9. The van der Waals surface area contributed by atoms with Gasteiger partial charge >= 0.3 is 0 Å². The van der Waals surface area contributed by atoms with Gasteiger partial charge in [-0.2, -0.15) is 0 Å². The van der Waals surface area contributed by atoms with Crippen LogP contribution in [0.5, 0.6) is 0 Å². The fraction of sp³-hybridized carbons (Fsp3) is 0.111. The fourth-order valence-corrected chi connectivity index (χ4v) is 4.93. The van der Waals surface area contributed by atoms with Gasteiger partial charge in [-0.3, -0.25) is 14.5 Å². The van der Waals surface area contributed by atoms with Gasteiger partial charge in [-0.15, -0.1) is 0 Å². The van der Waals surface area contributed by atoms with Gasteiger partial charge < -0.3 is 0 Å². The molecule has 0 bridgehead atoms. The Morgan fingerprint density at radius 2 is 1.77 bits per heavy atom. The second-order valence-electron chi connectivity index (χ2n) is 5.51. The molecule has 1 saturated heterocycles. The Morgan fingerprint density at radius 3 is 2.42 bits per heavy atom. The molecule has 1 fully saturated rings. The molecule has 0 saturated carbocycles. The molecule has 3 rings (SSSR count). The lowest BCUT2D eigenvalue weighted by Crippen LogP contribution is -2.30. The van der Waals surface area contributed by atoms with E-state index in [9.17, 15) is 18.0 Å². The highest BCUT2D eigenvalue weighted by molar-refractivity contribution is 8.05. The summed E-state index contributed by atoms with van der Waals surface area (Å²) in [6.07, 6.45) is 0. The topological polar surface area (TPSA) is 71.5 Å². The third-order valence-electron chi connectivity index (χ3n) is 3.71. The molecule has 2 aromatic carbocycles. The first-order valence-electron chi connectivity index (χ1n) is 7.60. The summed E-state index contributed by atoms with van der Waals surface area (Å²) in [6.45, 7) is -0.197. The second-order valence-corrected chi connectivity index (χ2v) is 8.74. The summed E-state index contributed by atoms with van der Waals surface area (Å²) in [4.78, 5) is 25.8. The fourth-order valence-electron chi connectivity index (χ4n) is 2.36. The smallest absolute Gasteiger partial charge is 0.238 e. The number of thioether (sulfide) groups is 1. The first kappa shape index (κ1) is 18.7. The number of rotatable bonds is 5. The molecule has 0 atom stereocenters. The van der Waals surface area contributed by atoms with Crippen LogP contribution in [0.25, 0.3) is 0 Å². The average molecular weight is 408 g/mol. The van der Waals surface area contributed by atoms with Crippen molar-refractivity contribution in [2.24, 2.45) is 0 Å². The molecule has 0 N–H and O–H groups in total. The number of halogens is 1. The van der Waals surface area contributed by atoms with Gasteiger partial charge in [-0.25, -0.2) is 8.42 Å². The van der Waals surface area contributed by atoms with Crippen LogP contribution in [0.4, 0.5) is 0 Å². The molecule has 8 heteroatoms. The highest BCUT2D eigenvalue weighted by atomic mass is 35.5. The van der Waals surface area contributed by atoms with Crippen molar-refractivity contribution >= 4 is 44.9 Å². The lowest BCUT2D eigenvalue weighted by molar-refractivity contribution is -0.125. The predicted octanol–water partition coefficient (Wildman–Crippen LogP) is 3.37. The van der Waals surface area contributed by atoms with Gasteiger partial charge in [0, 0.05) is 10.6 Å². The molecule has 0 aromatic heterocycles. The minimum atomic E-state index is -3.76. The van der Waals surface area contributed by atoms with Gasteiger partial charge in [0.2, 0.25) is 15.7 Å². The van der Waals surface area contributed by atoms with Crippen molar-refractivity contribution in [1.82, 2.24) is 4.90 Å². The van der Waals surface area contributed by atoms with Crippen LogP contribution in [-0.4, -0.2) is 37.3 Å². The van der Waals surface area contributed by atoms with Gasteiger partial charge in [0.25, 0.3) is 0 Å². The lowest BCUT2D eigenvalue weighted by Gasteiger charge is -2.16. The molecule has 0 unspecified atom stereocenters. The summed E-state index contributed by atoms with van der Waals surface area (Å²) in [5.41, 5.74) is 0.470. The molecule has 5 nitrogen and oxygen atoms in total. The maximum absolute atomic E-state index is 12.6. The number of hydrogen-bond donors (Lipinski definition) is 0. The molecule has 2 aromatic rings. The van der Waals surface area contributed by atoms with Crippen LogP contribution in [0.3, 0.4) is 0 Å². The van der Waals surface area contributed by atoms with E-state index in [0.717, 1.165) is 17.2 Å². The summed E-state index contributed by atoms with van der Waals surface area (Å²) in [5.74, 6) is -0.447. The number of hydrogen-bond acceptors (Lipinski definition) is 5. The monoisotopic (exact) mass is 407 g/mol. The van der Waals surface area contributed by atoms with Crippen molar-refractivity contribution in [3.05, 3.63) is 75.6 Å². The highest BCUT2D eigenvalue weighted by Gasteiger charge is 2.30. The molecule has 134 valence electrons. The van der Waals surface area contributed by atoms with Crippen LogP contribution in [0.2, 0.25) is 5.02 Å². The molecular formula is C18H14ClNO4S2. The summed E-state index contributed by atoms with van der Waals surface area (Å²) in [7, 11) is -3.76. The lowest BCUT2D eigenvalue weighted by atomic mass is 10.1. The number of Topliss-reactive ketones (excluding diaryl/α,β-unsaturated/α-hetero) is 1. The van der Waals surface area contributed by atoms with Crippen molar-refractivity contribution in [3.63, 3.8) is 0 Å². The van der Waals surface area contributed by atoms with Crippen LogP contribution in [0.1, 0.15) is 10.4 Å². The molecule has 0 aliphatic carbocycles. The van der Waals surface area contributed by atoms with Crippen molar-refractivity contribution in [1.29, 1.82) is 0 Å². The maximum atomic E-state index is 12.6. The molecule has 1 amide bonds. The number of nitrogens with zero attached hydrogens (tertiary/aromatic N) is 1. The van der Waals surface area contributed by atoms with Crippen molar-refractivity contribution in [3.8, 4) is 0 Å². The maximum Gasteiger partial charge on any atom is 0.238 e. The van der Waals surface area contributed by atoms with Crippen LogP contribution in [0.15, 0.2) is 69.9 Å². The molecule has 1 aliphatic heterocycles. The van der Waals surface area contributed by atoms with E-state index >= 15 is 0 Å². The molecule has 26 heavy (non-hydrogen) atoms. The third-order valence-corrected chi connectivity index (χ3v) is 6.60. The Balaban J connectivity index is 1.86. The minimum Gasteiger partial charge on any atom is -0.298 e. The number of amides is 1. The quantitative estimate of drug-likeness (QED) is 0.710. The molecule has 1 heterocycles. The van der Waals surface area contributed by atoms with E-state index in [-0.39, 0.29) is 33.9 Å². The Bertz CT molecular complexity index is 970. The Kier molecular flexibility index (Phi) is 5.50. The first-order valence-corrected chi connectivity index (χ1v) is 10.5. The van der Waals surface area contributed by atoms with E-state index in [1.165, 1.54) is 29.2 Å². The SMILES string of the molecule is O=C(CN1C(=O)CS/C1=C/S(=O)(=O)c1ccc(Cl)cc1)c1ccccc1. The molecule has 1 aliphatic rings. The second kappa shape index (κ2) is 7.65. The normalized spacial score (nSPS) is 16.3. The highest BCUT2D eigenvalue weighted by Crippen LogP contribution is 2.31. The zero-order chi connectivity index (χ0) is 18.7. The first-order chi connectivity index (χ1) is 12.4. The van der Waals surface area contributed by atoms with Crippen molar-refractivity contribution in [2.45, 2.75) is 4.90 Å². The van der Waals surface area contributed by atoms with E-state index in [1.807, 2.05) is 0 Å². The summed E-state index contributed by atoms with van der Waals surface area (Å²) in [5, 5.41) is 1.70. The zero-order valence-electron chi connectivity index (χ0n) is 13.5. The van der Waals surface area contributed by atoms with Gasteiger partial charge in [-0.1, -0.05) is 53.7 Å². The Labute approximate surface area is 160 Å². The number of carbonyl (C=O) groups excluding carboxylic acids is 2. The van der Waals surface area contributed by atoms with Crippen LogP contribution in [-0.2, 0) is 14.6 Å². The molecule has 0 spiro atoms. The standard InChI is InChI=1S/C18H14ClNO4S2/c19-14-6-8-15(9-7-14)26(23,24)12-18-20(17(22)11-25-18)10-16(21)13-4-2-1-3-5-13/h1-9,12H,10-11H2/b18-12+. The van der Waals surface area contributed by atoms with Gasteiger partial charge in [0.15, 0.2) is 5.78 Å². The Hall–Kier alpha value is -2.09. The predicted molar refractivity (Wildman–Crippen MR) is 102 cm³/mol. The molecular weight excluding hydrogens is 394 g/mol. The minimum absolute atomic E-state index is 0.0729. The van der Waals surface area contributed by atoms with Crippen LogP contribution >= 0.6 is 23.4 Å². The summed E-state index contributed by atoms with van der Waals surface area (Å²) >= 11 is 6.89. The number of sulfone groups is 1. The van der Waals surface area contributed by atoms with Crippen LogP contribution < -0.4 is 0 Å². The van der Waals surface area contributed by atoms with E-state index in [4.69, 9.17) is 11.6 Å². The largest absolute Gasteiger partial charge is 0.298 e. The number of ketones is 1. The Morgan fingerprint density at radius 1 is 1.12 bits per heavy atom. The molecule has 0 radical (unpaired) electrons. The van der Waals surface area contributed by atoms with Crippen LogP contribution in [0, 0.1) is 0 Å². The van der Waals surface area contributed by atoms with Gasteiger partial charge in [0.1, 0.15) is 0 Å². The van der Waals surface area contributed by atoms with Crippen molar-refractivity contribution < 1.29 is 18.0 Å². The van der Waals surface area contributed by atoms with E-state index in [1.54, 1.807) is 30.3 Å². The van der Waals surface area contributed by atoms with E-state index in [0.29, 0.717) is 10.6 Å². The van der Waals surface area contributed by atoms with E-state index in [2.05, 4.69) is 0 Å². The summed E-state index contributed by atoms with van der Waals surface area (Å²) < 4.78 is 25.1. The van der Waals surface area contributed by atoms with Gasteiger partial charge in [-0.05, 0) is 24.3 Å². The third kappa shape index (κ3) is 4.17. The number of carbonyl (C=O) groups is 2.